The van der Waals surface area contributed by atoms with Gasteiger partial charge in [-0.15, -0.1) is 0 Å². The zero-order chi connectivity index (χ0) is 14.9. The molecule has 0 aromatic heterocycles. The van der Waals surface area contributed by atoms with E-state index in [4.69, 9.17) is 4.74 Å². The molecule has 2 atom stereocenters. The molecule has 6 heteroatoms. The van der Waals surface area contributed by atoms with E-state index in [-0.39, 0.29) is 17.8 Å². The molecule has 0 unspecified atom stereocenters. The number of hydrogen-bond donors (Lipinski definition) is 1. The smallest absolute Gasteiger partial charge is 0.215 e. The Labute approximate surface area is 124 Å². The monoisotopic (exact) mass is 313 g/mol. The van der Waals surface area contributed by atoms with Crippen LogP contribution in [0.1, 0.15) is 24.8 Å². The van der Waals surface area contributed by atoms with Gasteiger partial charge in [0.1, 0.15) is 5.82 Å². The molecule has 3 rings (SSSR count). The minimum atomic E-state index is -3.30. The molecule has 1 aliphatic heterocycles. The van der Waals surface area contributed by atoms with Crippen molar-refractivity contribution in [3.8, 4) is 0 Å². The average molecular weight is 313 g/mol. The Morgan fingerprint density at radius 2 is 1.90 bits per heavy atom. The second kappa shape index (κ2) is 6.02. The van der Waals surface area contributed by atoms with Crippen LogP contribution in [0.4, 0.5) is 4.39 Å². The molecule has 0 amide bonds. The van der Waals surface area contributed by atoms with Gasteiger partial charge in [-0.25, -0.2) is 17.5 Å². The van der Waals surface area contributed by atoms with Gasteiger partial charge in [0.25, 0.3) is 0 Å². The summed E-state index contributed by atoms with van der Waals surface area (Å²) in [4.78, 5) is 0. The zero-order valence-electron chi connectivity index (χ0n) is 11.8. The minimum absolute atomic E-state index is 0.0829. The number of sulfonamides is 1. The van der Waals surface area contributed by atoms with Crippen LogP contribution in [0.3, 0.4) is 0 Å². The van der Waals surface area contributed by atoms with Crippen LogP contribution in [0.15, 0.2) is 24.3 Å². The molecule has 1 aromatic rings. The van der Waals surface area contributed by atoms with Crippen LogP contribution in [0, 0.1) is 11.7 Å². The third-order valence-corrected chi connectivity index (χ3v) is 6.20. The molecular formula is C15H20FNO3S. The topological polar surface area (TPSA) is 55.4 Å². The summed E-state index contributed by atoms with van der Waals surface area (Å²) >= 11 is 0. The highest BCUT2D eigenvalue weighted by Gasteiger charge is 2.39. The first kappa shape index (κ1) is 14.9. The Hall–Kier alpha value is -0.980. The van der Waals surface area contributed by atoms with Gasteiger partial charge in [0, 0.05) is 18.6 Å². The summed E-state index contributed by atoms with van der Waals surface area (Å²) in [5.74, 6) is -0.362. The largest absolute Gasteiger partial charge is 0.381 e. The molecule has 116 valence electrons. The predicted octanol–water partition coefficient (Wildman–Crippen LogP) is 1.86. The number of halogens is 1. The van der Waals surface area contributed by atoms with Crippen molar-refractivity contribution in [3.05, 3.63) is 35.6 Å². The molecule has 2 fully saturated rings. The normalized spacial score (nSPS) is 26.7. The van der Waals surface area contributed by atoms with E-state index in [1.54, 1.807) is 12.1 Å². The lowest BCUT2D eigenvalue weighted by Gasteiger charge is -2.31. The Kier molecular flexibility index (Phi) is 4.28. The molecule has 1 N–H and O–H groups in total. The number of hydrogen-bond acceptors (Lipinski definition) is 3. The standard InChI is InChI=1S/C15H20FNO3S/c16-13-3-1-11(2-4-13)9-12-10-20-8-7-15(12)21(18,19)17-14-5-6-14/h1-4,12,14-15,17H,5-10H2/t12-,15+/m1/s1. The zero-order valence-corrected chi connectivity index (χ0v) is 12.6. The van der Waals surface area contributed by atoms with E-state index in [1.807, 2.05) is 0 Å². The van der Waals surface area contributed by atoms with E-state index in [2.05, 4.69) is 4.72 Å². The highest BCUT2D eigenvalue weighted by molar-refractivity contribution is 7.90. The molecular weight excluding hydrogens is 293 g/mol. The van der Waals surface area contributed by atoms with Crippen molar-refractivity contribution in [1.82, 2.24) is 4.72 Å². The molecule has 1 saturated heterocycles. The second-order valence-electron chi connectivity index (χ2n) is 5.93. The molecule has 1 aromatic carbocycles. The average Bonchev–Trinajstić information content (AvgIpc) is 3.25. The minimum Gasteiger partial charge on any atom is -0.381 e. The van der Waals surface area contributed by atoms with Gasteiger partial charge in [-0.3, -0.25) is 0 Å². The predicted molar refractivity (Wildman–Crippen MR) is 77.9 cm³/mol. The summed E-state index contributed by atoms with van der Waals surface area (Å²) in [7, 11) is -3.30. The number of nitrogens with one attached hydrogen (secondary N) is 1. The lowest BCUT2D eigenvalue weighted by molar-refractivity contribution is 0.0570. The van der Waals surface area contributed by atoms with E-state index in [0.717, 1.165) is 18.4 Å². The van der Waals surface area contributed by atoms with Crippen LogP contribution in [-0.4, -0.2) is 32.9 Å². The van der Waals surface area contributed by atoms with Gasteiger partial charge in [-0.1, -0.05) is 12.1 Å². The SMILES string of the molecule is O=S(=O)(NC1CC1)[C@H]1CCOC[C@H]1Cc1ccc(F)cc1. The Morgan fingerprint density at radius 1 is 1.19 bits per heavy atom. The highest BCUT2D eigenvalue weighted by Crippen LogP contribution is 2.28. The highest BCUT2D eigenvalue weighted by atomic mass is 32.2. The van der Waals surface area contributed by atoms with Gasteiger partial charge in [0.05, 0.1) is 11.9 Å². The van der Waals surface area contributed by atoms with Crippen molar-refractivity contribution in [2.45, 2.75) is 37.0 Å². The van der Waals surface area contributed by atoms with Crippen molar-refractivity contribution in [2.24, 2.45) is 5.92 Å². The molecule has 1 saturated carbocycles. The first-order valence-corrected chi connectivity index (χ1v) is 8.92. The fourth-order valence-corrected chi connectivity index (χ4v) is 4.78. The summed E-state index contributed by atoms with van der Waals surface area (Å²) in [5, 5.41) is -0.420. The number of benzene rings is 1. The van der Waals surface area contributed by atoms with Gasteiger partial charge in [-0.2, -0.15) is 0 Å². The van der Waals surface area contributed by atoms with Gasteiger partial charge >= 0.3 is 0 Å². The number of ether oxygens (including phenoxy) is 1. The lowest BCUT2D eigenvalue weighted by Crippen LogP contribution is -2.45. The molecule has 0 radical (unpaired) electrons. The first-order chi connectivity index (χ1) is 10.0. The maximum Gasteiger partial charge on any atom is 0.215 e. The van der Waals surface area contributed by atoms with Crippen molar-refractivity contribution in [1.29, 1.82) is 0 Å². The summed E-state index contributed by atoms with van der Waals surface area (Å²) in [6.45, 7) is 0.920. The Bertz CT molecular complexity index is 583. The van der Waals surface area contributed by atoms with Crippen LogP contribution < -0.4 is 4.72 Å². The Balaban J connectivity index is 1.72. The molecule has 4 nitrogen and oxygen atoms in total. The van der Waals surface area contributed by atoms with Crippen molar-refractivity contribution >= 4 is 10.0 Å². The quantitative estimate of drug-likeness (QED) is 0.902. The van der Waals surface area contributed by atoms with E-state index >= 15 is 0 Å². The van der Waals surface area contributed by atoms with E-state index in [0.29, 0.717) is 26.1 Å². The van der Waals surface area contributed by atoms with E-state index in [1.165, 1.54) is 12.1 Å². The fourth-order valence-electron chi connectivity index (χ4n) is 2.82. The van der Waals surface area contributed by atoms with Crippen LogP contribution in [0.5, 0.6) is 0 Å². The van der Waals surface area contributed by atoms with Crippen molar-refractivity contribution < 1.29 is 17.5 Å². The van der Waals surface area contributed by atoms with Crippen molar-refractivity contribution in [2.75, 3.05) is 13.2 Å². The molecule has 2 aliphatic rings. The van der Waals surface area contributed by atoms with E-state index in [9.17, 15) is 12.8 Å². The van der Waals surface area contributed by atoms with Crippen LogP contribution in [0.25, 0.3) is 0 Å². The van der Waals surface area contributed by atoms with Crippen LogP contribution >= 0.6 is 0 Å². The summed E-state index contributed by atoms with van der Waals surface area (Å²) in [5.41, 5.74) is 0.943. The third kappa shape index (κ3) is 3.81. The van der Waals surface area contributed by atoms with Crippen molar-refractivity contribution in [3.63, 3.8) is 0 Å². The summed E-state index contributed by atoms with van der Waals surface area (Å²) in [6.07, 6.45) is 2.99. The second-order valence-corrected chi connectivity index (χ2v) is 7.86. The maximum atomic E-state index is 13.0. The fraction of sp³-hybridized carbons (Fsp3) is 0.600. The van der Waals surface area contributed by atoms with Gasteiger partial charge in [-0.05, 0) is 43.4 Å². The van der Waals surface area contributed by atoms with Crippen LogP contribution in [0.2, 0.25) is 0 Å². The molecule has 1 aliphatic carbocycles. The third-order valence-electron chi connectivity index (χ3n) is 4.12. The van der Waals surface area contributed by atoms with Gasteiger partial charge < -0.3 is 4.74 Å². The lowest BCUT2D eigenvalue weighted by atomic mass is 9.93. The first-order valence-electron chi connectivity index (χ1n) is 7.38. The van der Waals surface area contributed by atoms with E-state index < -0.39 is 15.3 Å². The number of rotatable bonds is 5. The molecule has 0 spiro atoms. The molecule has 1 heterocycles. The molecule has 0 bridgehead atoms. The maximum absolute atomic E-state index is 13.0. The Morgan fingerprint density at radius 3 is 2.57 bits per heavy atom. The van der Waals surface area contributed by atoms with Crippen LogP contribution in [-0.2, 0) is 21.2 Å². The summed E-state index contributed by atoms with van der Waals surface area (Å²) in [6, 6.07) is 6.36. The van der Waals surface area contributed by atoms with Gasteiger partial charge in [0.15, 0.2) is 0 Å². The van der Waals surface area contributed by atoms with Gasteiger partial charge in [0.2, 0.25) is 10.0 Å². The summed E-state index contributed by atoms with van der Waals surface area (Å²) < 4.78 is 46.1. The molecule has 21 heavy (non-hydrogen) atoms.